The number of rotatable bonds is 5. The van der Waals surface area contributed by atoms with E-state index in [9.17, 15) is 4.79 Å². The van der Waals surface area contributed by atoms with Crippen LogP contribution in [0.3, 0.4) is 0 Å². The summed E-state index contributed by atoms with van der Waals surface area (Å²) in [5, 5.41) is 0.611. The van der Waals surface area contributed by atoms with Gasteiger partial charge in [0.2, 0.25) is 0 Å². The van der Waals surface area contributed by atoms with E-state index in [1.54, 1.807) is 14.0 Å². The summed E-state index contributed by atoms with van der Waals surface area (Å²) < 4.78 is 10.1. The first kappa shape index (κ1) is 12.7. The van der Waals surface area contributed by atoms with Gasteiger partial charge in [0.1, 0.15) is 12.2 Å². The van der Waals surface area contributed by atoms with E-state index in [1.807, 2.05) is 6.92 Å². The Morgan fingerprint density at radius 2 is 2.15 bits per heavy atom. The maximum atomic E-state index is 11.0. The van der Waals surface area contributed by atoms with Crippen LogP contribution < -0.4 is 0 Å². The Bertz CT molecular complexity index is 197. The average molecular weight is 251 g/mol. The Morgan fingerprint density at radius 3 is 2.46 bits per heavy atom. The SMILES string of the molecule is C=C(C)C(=O)OCC(C)(CBr)OC. The number of hydrogen-bond donors (Lipinski definition) is 0. The number of halogens is 1. The molecule has 0 radical (unpaired) electrons. The van der Waals surface area contributed by atoms with Gasteiger partial charge in [0.25, 0.3) is 0 Å². The largest absolute Gasteiger partial charge is 0.459 e. The van der Waals surface area contributed by atoms with Gasteiger partial charge in [0.05, 0.1) is 0 Å². The minimum absolute atomic E-state index is 0.223. The van der Waals surface area contributed by atoms with Crippen molar-refractivity contribution in [3.05, 3.63) is 12.2 Å². The van der Waals surface area contributed by atoms with Crippen molar-refractivity contribution in [1.29, 1.82) is 0 Å². The quantitative estimate of drug-likeness (QED) is 0.425. The van der Waals surface area contributed by atoms with Gasteiger partial charge in [-0.15, -0.1) is 0 Å². The maximum absolute atomic E-state index is 11.0. The lowest BCUT2D eigenvalue weighted by atomic mass is 10.1. The van der Waals surface area contributed by atoms with Gasteiger partial charge in [0, 0.05) is 18.0 Å². The highest BCUT2D eigenvalue weighted by molar-refractivity contribution is 9.09. The average Bonchev–Trinajstić information content (AvgIpc) is 2.13. The van der Waals surface area contributed by atoms with E-state index in [-0.39, 0.29) is 12.6 Å². The van der Waals surface area contributed by atoms with Crippen molar-refractivity contribution in [1.82, 2.24) is 0 Å². The van der Waals surface area contributed by atoms with E-state index in [0.29, 0.717) is 10.9 Å². The summed E-state index contributed by atoms with van der Waals surface area (Å²) in [6, 6.07) is 0. The molecule has 13 heavy (non-hydrogen) atoms. The zero-order valence-corrected chi connectivity index (χ0v) is 9.81. The standard InChI is InChI=1S/C9H15BrO3/c1-7(2)8(11)13-6-9(3,5-10)12-4/h1,5-6H2,2-4H3. The summed E-state index contributed by atoms with van der Waals surface area (Å²) in [5.41, 5.74) is -0.0708. The van der Waals surface area contributed by atoms with Crippen molar-refractivity contribution < 1.29 is 14.3 Å². The molecule has 0 saturated heterocycles. The molecule has 0 saturated carbocycles. The first-order chi connectivity index (χ1) is 5.95. The van der Waals surface area contributed by atoms with Crippen LogP contribution in [-0.2, 0) is 14.3 Å². The molecule has 0 bridgehead atoms. The highest BCUT2D eigenvalue weighted by atomic mass is 79.9. The molecule has 0 amide bonds. The molecule has 0 aromatic carbocycles. The van der Waals surface area contributed by atoms with Crippen LogP contribution in [0.4, 0.5) is 0 Å². The lowest BCUT2D eigenvalue weighted by Crippen LogP contribution is -2.36. The smallest absolute Gasteiger partial charge is 0.333 e. The predicted molar refractivity (Wildman–Crippen MR) is 55.0 cm³/mol. The normalized spacial score (nSPS) is 14.8. The Kier molecular flexibility index (Phi) is 5.25. The number of methoxy groups -OCH3 is 1. The van der Waals surface area contributed by atoms with Crippen LogP contribution in [0.2, 0.25) is 0 Å². The van der Waals surface area contributed by atoms with Gasteiger partial charge < -0.3 is 9.47 Å². The molecular formula is C9H15BrO3. The lowest BCUT2D eigenvalue weighted by Gasteiger charge is -2.24. The second kappa shape index (κ2) is 5.40. The molecule has 0 N–H and O–H groups in total. The third-order valence-corrected chi connectivity index (χ3v) is 2.82. The second-order valence-electron chi connectivity index (χ2n) is 3.14. The summed E-state index contributed by atoms with van der Waals surface area (Å²) >= 11 is 3.28. The van der Waals surface area contributed by atoms with Crippen LogP contribution in [0.1, 0.15) is 13.8 Å². The van der Waals surface area contributed by atoms with Crippen molar-refractivity contribution >= 4 is 21.9 Å². The number of ether oxygens (including phenoxy) is 2. The van der Waals surface area contributed by atoms with Gasteiger partial charge in [-0.3, -0.25) is 0 Å². The third-order valence-electron chi connectivity index (χ3n) is 1.63. The fourth-order valence-corrected chi connectivity index (χ4v) is 0.884. The number of hydrogen-bond acceptors (Lipinski definition) is 3. The van der Waals surface area contributed by atoms with Gasteiger partial charge in [-0.25, -0.2) is 4.79 Å². The van der Waals surface area contributed by atoms with Crippen molar-refractivity contribution in [2.75, 3.05) is 19.0 Å². The highest BCUT2D eigenvalue weighted by Gasteiger charge is 2.24. The number of carbonyl (C=O) groups is 1. The van der Waals surface area contributed by atoms with Crippen molar-refractivity contribution in [3.8, 4) is 0 Å². The molecular weight excluding hydrogens is 236 g/mol. The molecule has 0 fully saturated rings. The Morgan fingerprint density at radius 1 is 1.62 bits per heavy atom. The predicted octanol–water partition coefficient (Wildman–Crippen LogP) is 1.91. The number of alkyl halides is 1. The molecule has 0 aliphatic carbocycles. The summed E-state index contributed by atoms with van der Waals surface area (Å²) in [6.07, 6.45) is 0. The number of esters is 1. The van der Waals surface area contributed by atoms with Crippen molar-refractivity contribution in [3.63, 3.8) is 0 Å². The van der Waals surface area contributed by atoms with Gasteiger partial charge in [-0.2, -0.15) is 0 Å². The van der Waals surface area contributed by atoms with Gasteiger partial charge >= 0.3 is 5.97 Å². The maximum Gasteiger partial charge on any atom is 0.333 e. The Balaban J connectivity index is 4.00. The van der Waals surface area contributed by atoms with E-state index < -0.39 is 5.60 Å². The molecule has 0 aliphatic rings. The summed E-state index contributed by atoms with van der Waals surface area (Å²) in [7, 11) is 1.58. The Labute approximate surface area is 87.2 Å². The van der Waals surface area contributed by atoms with Crippen LogP contribution in [-0.4, -0.2) is 30.6 Å². The van der Waals surface area contributed by atoms with E-state index in [0.717, 1.165) is 0 Å². The topological polar surface area (TPSA) is 35.5 Å². The van der Waals surface area contributed by atoms with Crippen LogP contribution in [0.25, 0.3) is 0 Å². The molecule has 0 spiro atoms. The fraction of sp³-hybridized carbons (Fsp3) is 0.667. The van der Waals surface area contributed by atoms with Crippen molar-refractivity contribution in [2.24, 2.45) is 0 Å². The lowest BCUT2D eigenvalue weighted by molar-refractivity contribution is -0.146. The van der Waals surface area contributed by atoms with E-state index in [4.69, 9.17) is 9.47 Å². The van der Waals surface area contributed by atoms with Crippen LogP contribution in [0.5, 0.6) is 0 Å². The van der Waals surface area contributed by atoms with Crippen molar-refractivity contribution in [2.45, 2.75) is 19.4 Å². The first-order valence-corrected chi connectivity index (χ1v) is 5.01. The van der Waals surface area contributed by atoms with E-state index >= 15 is 0 Å². The summed E-state index contributed by atoms with van der Waals surface area (Å²) in [5.74, 6) is -0.385. The minimum atomic E-state index is -0.467. The van der Waals surface area contributed by atoms with Crippen LogP contribution in [0.15, 0.2) is 12.2 Å². The monoisotopic (exact) mass is 250 g/mol. The van der Waals surface area contributed by atoms with Crippen LogP contribution >= 0.6 is 15.9 Å². The fourth-order valence-electron chi connectivity index (χ4n) is 0.493. The molecule has 0 rings (SSSR count). The molecule has 0 aliphatic heterocycles. The zero-order chi connectivity index (χ0) is 10.5. The Hall–Kier alpha value is -0.350. The van der Waals surface area contributed by atoms with Gasteiger partial charge in [-0.05, 0) is 13.8 Å². The molecule has 1 atom stereocenters. The molecule has 1 unspecified atom stereocenters. The zero-order valence-electron chi connectivity index (χ0n) is 8.22. The van der Waals surface area contributed by atoms with Gasteiger partial charge in [0.15, 0.2) is 0 Å². The minimum Gasteiger partial charge on any atom is -0.459 e. The molecule has 3 nitrogen and oxygen atoms in total. The summed E-state index contributed by atoms with van der Waals surface area (Å²) in [6.45, 7) is 7.17. The molecule has 4 heteroatoms. The van der Waals surface area contributed by atoms with E-state index in [2.05, 4.69) is 22.5 Å². The molecule has 0 aromatic heterocycles. The molecule has 0 heterocycles. The third kappa shape index (κ3) is 4.43. The van der Waals surface area contributed by atoms with E-state index in [1.165, 1.54) is 0 Å². The van der Waals surface area contributed by atoms with Gasteiger partial charge in [-0.1, -0.05) is 22.5 Å². The first-order valence-electron chi connectivity index (χ1n) is 3.89. The summed E-state index contributed by atoms with van der Waals surface area (Å²) in [4.78, 5) is 11.0. The number of carbonyl (C=O) groups excluding carboxylic acids is 1. The molecule has 76 valence electrons. The van der Waals surface area contributed by atoms with Crippen LogP contribution in [0, 0.1) is 0 Å². The molecule has 0 aromatic rings. The second-order valence-corrected chi connectivity index (χ2v) is 3.70. The highest BCUT2D eigenvalue weighted by Crippen LogP contribution is 2.13.